The fourth-order valence-corrected chi connectivity index (χ4v) is 4.35. The van der Waals surface area contributed by atoms with Crippen LogP contribution in [-0.4, -0.2) is 32.3 Å². The van der Waals surface area contributed by atoms with Crippen molar-refractivity contribution in [3.63, 3.8) is 0 Å². The minimum Gasteiger partial charge on any atom is -0.393 e. The number of aryl methyl sites for hydroxylation is 1. The molecular weight excluding hydrogens is 340 g/mol. The second-order valence-corrected chi connectivity index (χ2v) is 7.68. The summed E-state index contributed by atoms with van der Waals surface area (Å²) in [6.45, 7) is 0. The number of aromatic nitrogens is 3. The van der Waals surface area contributed by atoms with E-state index in [0.717, 1.165) is 47.0 Å². The lowest BCUT2D eigenvalue weighted by atomic mass is 9.75. The van der Waals surface area contributed by atoms with Gasteiger partial charge < -0.3 is 10.4 Å². The summed E-state index contributed by atoms with van der Waals surface area (Å²) in [5.74, 6) is 0.0628. The molecule has 3 aromatic rings. The largest absolute Gasteiger partial charge is 0.393 e. The Bertz CT molecular complexity index is 1010. The van der Waals surface area contributed by atoms with Crippen LogP contribution in [0, 0.1) is 5.92 Å². The van der Waals surface area contributed by atoms with Gasteiger partial charge in [0.25, 0.3) is 5.91 Å². The molecule has 0 spiro atoms. The van der Waals surface area contributed by atoms with Crippen molar-refractivity contribution in [3.8, 4) is 0 Å². The van der Waals surface area contributed by atoms with E-state index in [-0.39, 0.29) is 24.0 Å². The van der Waals surface area contributed by atoms with E-state index in [4.69, 9.17) is 0 Å². The molecule has 3 N–H and O–H groups in total. The third-order valence-electron chi connectivity index (χ3n) is 5.90. The van der Waals surface area contributed by atoms with Crippen molar-refractivity contribution < 1.29 is 9.90 Å². The second-order valence-electron chi connectivity index (χ2n) is 7.68. The SMILES string of the molecule is O=C(N[C@@H](c1cnc2ccccc2c1)C1CC(O)C1)c1n[nH]c2c1CCC2. The predicted molar refractivity (Wildman–Crippen MR) is 101 cm³/mol. The Hall–Kier alpha value is -2.73. The molecule has 0 saturated heterocycles. The number of amides is 1. The molecule has 0 radical (unpaired) electrons. The molecule has 0 bridgehead atoms. The van der Waals surface area contributed by atoms with Gasteiger partial charge in [-0.3, -0.25) is 14.9 Å². The number of para-hydroxylation sites is 1. The molecule has 1 amide bonds. The number of carbonyl (C=O) groups is 1. The molecule has 1 aromatic carbocycles. The molecule has 2 heterocycles. The van der Waals surface area contributed by atoms with Gasteiger partial charge >= 0.3 is 0 Å². The van der Waals surface area contributed by atoms with Crippen molar-refractivity contribution in [2.75, 3.05) is 0 Å². The van der Waals surface area contributed by atoms with Gasteiger partial charge in [-0.2, -0.15) is 5.10 Å². The Kier molecular flexibility index (Phi) is 3.93. The van der Waals surface area contributed by atoms with Gasteiger partial charge in [0.2, 0.25) is 0 Å². The van der Waals surface area contributed by atoms with E-state index in [0.29, 0.717) is 18.5 Å². The van der Waals surface area contributed by atoms with Gasteiger partial charge in [0.05, 0.1) is 17.7 Å². The van der Waals surface area contributed by atoms with Gasteiger partial charge in [0, 0.05) is 22.8 Å². The molecule has 1 saturated carbocycles. The lowest BCUT2D eigenvalue weighted by Crippen LogP contribution is -2.41. The average molecular weight is 362 g/mol. The van der Waals surface area contributed by atoms with E-state index < -0.39 is 0 Å². The second kappa shape index (κ2) is 6.46. The number of aromatic amines is 1. The van der Waals surface area contributed by atoms with Gasteiger partial charge in [-0.1, -0.05) is 18.2 Å². The number of aliphatic hydroxyl groups excluding tert-OH is 1. The van der Waals surface area contributed by atoms with Crippen molar-refractivity contribution >= 4 is 16.8 Å². The van der Waals surface area contributed by atoms with Crippen LogP contribution < -0.4 is 5.32 Å². The highest BCUT2D eigenvalue weighted by Crippen LogP contribution is 2.38. The van der Waals surface area contributed by atoms with E-state index in [1.807, 2.05) is 30.5 Å². The minimum atomic E-state index is -0.280. The molecule has 138 valence electrons. The average Bonchev–Trinajstić information content (AvgIpc) is 3.27. The van der Waals surface area contributed by atoms with Crippen molar-refractivity contribution in [3.05, 3.63) is 59.0 Å². The lowest BCUT2D eigenvalue weighted by Gasteiger charge is -2.38. The topological polar surface area (TPSA) is 90.9 Å². The Balaban J connectivity index is 1.46. The number of rotatable bonds is 4. The van der Waals surface area contributed by atoms with E-state index >= 15 is 0 Å². The van der Waals surface area contributed by atoms with Crippen molar-refractivity contribution in [2.45, 2.75) is 44.2 Å². The fourth-order valence-electron chi connectivity index (χ4n) is 4.35. The first-order chi connectivity index (χ1) is 13.2. The third kappa shape index (κ3) is 2.90. The van der Waals surface area contributed by atoms with Crippen molar-refractivity contribution in [1.82, 2.24) is 20.5 Å². The Morgan fingerprint density at radius 3 is 2.96 bits per heavy atom. The molecule has 1 atom stereocenters. The lowest BCUT2D eigenvalue weighted by molar-refractivity contribution is 0.0234. The molecule has 2 aromatic heterocycles. The molecule has 2 aliphatic rings. The molecule has 5 rings (SSSR count). The smallest absolute Gasteiger partial charge is 0.272 e. The highest BCUT2D eigenvalue weighted by Gasteiger charge is 2.37. The standard InChI is InChI=1S/C21H22N4O2/c26-15-9-13(10-15)19(14-8-12-4-1-2-6-17(12)22-11-14)23-21(27)20-16-5-3-7-18(16)24-25-20/h1-2,4,6,8,11,13,15,19,26H,3,5,7,9-10H2,(H,23,27)(H,24,25)/t13?,15?,19-/m1/s1. The number of hydrogen-bond acceptors (Lipinski definition) is 4. The van der Waals surface area contributed by atoms with Crippen LogP contribution in [0.15, 0.2) is 36.5 Å². The summed E-state index contributed by atoms with van der Waals surface area (Å²) in [6.07, 6.45) is 5.87. The predicted octanol–water partition coefficient (Wildman–Crippen LogP) is 2.69. The van der Waals surface area contributed by atoms with Crippen molar-refractivity contribution in [1.29, 1.82) is 0 Å². The molecule has 6 nitrogen and oxygen atoms in total. The first-order valence-corrected chi connectivity index (χ1v) is 9.59. The van der Waals surface area contributed by atoms with Gasteiger partial charge in [-0.15, -0.1) is 0 Å². The number of hydrogen-bond donors (Lipinski definition) is 3. The molecule has 27 heavy (non-hydrogen) atoms. The Morgan fingerprint density at radius 1 is 1.26 bits per heavy atom. The van der Waals surface area contributed by atoms with E-state index in [2.05, 4.69) is 26.6 Å². The molecule has 6 heteroatoms. The number of nitrogens with one attached hydrogen (secondary N) is 2. The maximum atomic E-state index is 13.0. The summed E-state index contributed by atoms with van der Waals surface area (Å²) in [5, 5.41) is 21.3. The summed E-state index contributed by atoms with van der Waals surface area (Å²) in [6, 6.07) is 9.88. The maximum Gasteiger partial charge on any atom is 0.272 e. The summed E-state index contributed by atoms with van der Waals surface area (Å²) in [4.78, 5) is 17.5. The van der Waals surface area contributed by atoms with Gasteiger partial charge in [0.1, 0.15) is 0 Å². The zero-order valence-electron chi connectivity index (χ0n) is 15.0. The fraction of sp³-hybridized carbons (Fsp3) is 0.381. The van der Waals surface area contributed by atoms with Crippen LogP contribution >= 0.6 is 0 Å². The quantitative estimate of drug-likeness (QED) is 0.665. The summed E-state index contributed by atoms with van der Waals surface area (Å²) in [5.41, 5.74) is 4.57. The normalized spacial score (nSPS) is 22.3. The summed E-state index contributed by atoms with van der Waals surface area (Å²) < 4.78 is 0. The highest BCUT2D eigenvalue weighted by atomic mass is 16.3. The molecule has 0 unspecified atom stereocenters. The zero-order valence-corrected chi connectivity index (χ0v) is 15.0. The number of aliphatic hydroxyl groups is 1. The number of benzene rings is 1. The van der Waals surface area contributed by atoms with Crippen LogP contribution in [0.4, 0.5) is 0 Å². The van der Waals surface area contributed by atoms with Gasteiger partial charge in [-0.25, -0.2) is 0 Å². The molecule has 0 aliphatic heterocycles. The number of carbonyl (C=O) groups excluding carboxylic acids is 1. The molecule has 1 fully saturated rings. The highest BCUT2D eigenvalue weighted by molar-refractivity contribution is 5.94. The Labute approximate surface area is 157 Å². The molecule has 2 aliphatic carbocycles. The van der Waals surface area contributed by atoms with Gasteiger partial charge in [0.15, 0.2) is 5.69 Å². The zero-order chi connectivity index (χ0) is 18.4. The first kappa shape index (κ1) is 16.4. The molecular formula is C21H22N4O2. The van der Waals surface area contributed by atoms with Crippen LogP contribution in [0.5, 0.6) is 0 Å². The van der Waals surface area contributed by atoms with Crippen LogP contribution in [0.3, 0.4) is 0 Å². The number of H-pyrrole nitrogens is 1. The van der Waals surface area contributed by atoms with Crippen LogP contribution in [0.1, 0.15) is 52.6 Å². The third-order valence-corrected chi connectivity index (χ3v) is 5.90. The van der Waals surface area contributed by atoms with Crippen molar-refractivity contribution in [2.24, 2.45) is 5.92 Å². The van der Waals surface area contributed by atoms with Crippen LogP contribution in [-0.2, 0) is 12.8 Å². The van der Waals surface area contributed by atoms with E-state index in [9.17, 15) is 9.90 Å². The number of pyridine rings is 1. The summed E-state index contributed by atoms with van der Waals surface area (Å²) >= 11 is 0. The maximum absolute atomic E-state index is 13.0. The van der Waals surface area contributed by atoms with Gasteiger partial charge in [-0.05, 0) is 55.7 Å². The number of nitrogens with zero attached hydrogens (tertiary/aromatic N) is 2. The van der Waals surface area contributed by atoms with Crippen LogP contribution in [0.25, 0.3) is 10.9 Å². The van der Waals surface area contributed by atoms with E-state index in [1.165, 1.54) is 0 Å². The summed E-state index contributed by atoms with van der Waals surface area (Å²) in [7, 11) is 0. The Morgan fingerprint density at radius 2 is 2.11 bits per heavy atom. The number of fused-ring (bicyclic) bond motifs is 2. The van der Waals surface area contributed by atoms with Crippen LogP contribution in [0.2, 0.25) is 0 Å². The minimum absolute atomic E-state index is 0.144. The first-order valence-electron chi connectivity index (χ1n) is 9.59. The van der Waals surface area contributed by atoms with E-state index in [1.54, 1.807) is 0 Å². The monoisotopic (exact) mass is 362 g/mol.